The number of amides is 1. The fourth-order valence-corrected chi connectivity index (χ4v) is 3.26. The molecule has 0 aromatic heterocycles. The van der Waals surface area contributed by atoms with Gasteiger partial charge in [-0.2, -0.15) is 0 Å². The number of likely N-dealkylation sites (N-methyl/N-ethyl adjacent to an activating group) is 1. The van der Waals surface area contributed by atoms with E-state index in [0.717, 1.165) is 24.4 Å². The maximum Gasteiger partial charge on any atom is 0.272 e. The van der Waals surface area contributed by atoms with E-state index in [1.807, 2.05) is 24.3 Å². The first-order valence-corrected chi connectivity index (χ1v) is 9.32. The second kappa shape index (κ2) is 9.85. The normalized spacial score (nSPS) is 11.9. The standard InChI is InChI=1S/C21H27N3O4/c1-5-23(6-2)20(16-8-7-9-18(13-16)28-4)14-22-21(25)17-10-11-19(24(26)27)15(3)12-17/h7-13,20H,5-6,14H2,1-4H3,(H,22,25). The highest BCUT2D eigenvalue weighted by Crippen LogP contribution is 2.24. The van der Waals surface area contributed by atoms with Gasteiger partial charge in [-0.05, 0) is 49.8 Å². The van der Waals surface area contributed by atoms with Gasteiger partial charge in [0.15, 0.2) is 0 Å². The first-order valence-electron chi connectivity index (χ1n) is 9.32. The van der Waals surface area contributed by atoms with E-state index in [2.05, 4.69) is 24.1 Å². The largest absolute Gasteiger partial charge is 0.497 e. The topological polar surface area (TPSA) is 84.7 Å². The molecule has 0 fully saturated rings. The minimum atomic E-state index is -0.448. The zero-order valence-electron chi connectivity index (χ0n) is 16.8. The lowest BCUT2D eigenvalue weighted by molar-refractivity contribution is -0.385. The van der Waals surface area contributed by atoms with E-state index in [1.54, 1.807) is 20.1 Å². The minimum Gasteiger partial charge on any atom is -0.497 e. The quantitative estimate of drug-likeness (QED) is 0.525. The number of rotatable bonds is 9. The van der Waals surface area contributed by atoms with Crippen molar-refractivity contribution in [1.82, 2.24) is 10.2 Å². The molecule has 7 heteroatoms. The zero-order chi connectivity index (χ0) is 20.7. The third kappa shape index (κ3) is 5.07. The van der Waals surface area contributed by atoms with Crippen LogP contribution in [0.3, 0.4) is 0 Å². The molecule has 1 amide bonds. The van der Waals surface area contributed by atoms with Gasteiger partial charge in [-0.1, -0.05) is 26.0 Å². The smallest absolute Gasteiger partial charge is 0.272 e. The summed E-state index contributed by atoms with van der Waals surface area (Å²) in [5.74, 6) is 0.519. The van der Waals surface area contributed by atoms with Gasteiger partial charge in [0.2, 0.25) is 0 Å². The lowest BCUT2D eigenvalue weighted by Crippen LogP contribution is -2.38. The third-order valence-corrected chi connectivity index (χ3v) is 4.84. The SMILES string of the molecule is CCN(CC)C(CNC(=O)c1ccc([N+](=O)[O-])c(C)c1)c1cccc(OC)c1. The number of hydrogen-bond acceptors (Lipinski definition) is 5. The van der Waals surface area contributed by atoms with E-state index in [-0.39, 0.29) is 17.6 Å². The van der Waals surface area contributed by atoms with E-state index in [4.69, 9.17) is 4.74 Å². The summed E-state index contributed by atoms with van der Waals surface area (Å²) in [5.41, 5.74) is 1.94. The molecule has 0 saturated carbocycles. The molecule has 2 rings (SSSR count). The van der Waals surface area contributed by atoms with Crippen molar-refractivity contribution in [1.29, 1.82) is 0 Å². The molecule has 0 radical (unpaired) electrons. The van der Waals surface area contributed by atoms with Crippen LogP contribution in [0.25, 0.3) is 0 Å². The molecule has 2 aromatic carbocycles. The molecule has 1 atom stereocenters. The van der Waals surface area contributed by atoms with Gasteiger partial charge in [0, 0.05) is 23.7 Å². The van der Waals surface area contributed by atoms with Crippen molar-refractivity contribution in [3.05, 3.63) is 69.3 Å². The number of nitrogens with zero attached hydrogens (tertiary/aromatic N) is 2. The molecule has 0 aliphatic carbocycles. The van der Waals surface area contributed by atoms with Crippen LogP contribution >= 0.6 is 0 Å². The summed E-state index contributed by atoms with van der Waals surface area (Å²) in [4.78, 5) is 25.4. The molecule has 0 aliphatic heterocycles. The van der Waals surface area contributed by atoms with Crippen LogP contribution in [0.15, 0.2) is 42.5 Å². The molecule has 28 heavy (non-hydrogen) atoms. The summed E-state index contributed by atoms with van der Waals surface area (Å²) in [6.07, 6.45) is 0. The Balaban J connectivity index is 2.19. The number of nitrogens with one attached hydrogen (secondary N) is 1. The highest BCUT2D eigenvalue weighted by atomic mass is 16.6. The minimum absolute atomic E-state index is 0.00630. The predicted octanol–water partition coefficient (Wildman–Crippen LogP) is 3.72. The number of methoxy groups -OCH3 is 1. The first-order chi connectivity index (χ1) is 13.4. The fourth-order valence-electron chi connectivity index (χ4n) is 3.26. The first kappa shape index (κ1) is 21.4. The summed E-state index contributed by atoms with van der Waals surface area (Å²) in [5, 5.41) is 13.9. The molecule has 0 aliphatic rings. The second-order valence-electron chi connectivity index (χ2n) is 6.48. The Kier molecular flexibility index (Phi) is 7.52. The molecule has 1 unspecified atom stereocenters. The molecule has 0 spiro atoms. The van der Waals surface area contributed by atoms with Crippen LogP contribution in [0, 0.1) is 17.0 Å². The van der Waals surface area contributed by atoms with Crippen molar-refractivity contribution >= 4 is 11.6 Å². The van der Waals surface area contributed by atoms with E-state index in [0.29, 0.717) is 17.7 Å². The molecular weight excluding hydrogens is 358 g/mol. The van der Waals surface area contributed by atoms with Crippen LogP contribution in [-0.4, -0.2) is 42.5 Å². The maximum absolute atomic E-state index is 12.6. The van der Waals surface area contributed by atoms with Gasteiger partial charge in [0.05, 0.1) is 18.1 Å². The highest BCUT2D eigenvalue weighted by Gasteiger charge is 2.20. The molecular formula is C21H27N3O4. The Hall–Kier alpha value is -2.93. The Bertz CT molecular complexity index is 834. The summed E-state index contributed by atoms with van der Waals surface area (Å²) in [7, 11) is 1.63. The zero-order valence-corrected chi connectivity index (χ0v) is 16.8. The van der Waals surface area contributed by atoms with Crippen molar-refractivity contribution in [3.63, 3.8) is 0 Å². The lowest BCUT2D eigenvalue weighted by atomic mass is 10.0. The number of nitro benzene ring substituents is 1. The molecule has 0 saturated heterocycles. The van der Waals surface area contributed by atoms with Crippen LogP contribution in [0.5, 0.6) is 5.75 Å². The van der Waals surface area contributed by atoms with Gasteiger partial charge in [0.1, 0.15) is 5.75 Å². The predicted molar refractivity (Wildman–Crippen MR) is 109 cm³/mol. The molecule has 0 bridgehead atoms. The van der Waals surface area contributed by atoms with Crippen molar-refractivity contribution in [2.24, 2.45) is 0 Å². The van der Waals surface area contributed by atoms with E-state index < -0.39 is 4.92 Å². The van der Waals surface area contributed by atoms with Crippen molar-refractivity contribution in [3.8, 4) is 5.75 Å². The summed E-state index contributed by atoms with van der Waals surface area (Å²) < 4.78 is 5.33. The number of nitro groups is 1. The Morgan fingerprint density at radius 1 is 1.21 bits per heavy atom. The van der Waals surface area contributed by atoms with E-state index >= 15 is 0 Å². The molecule has 0 heterocycles. The lowest BCUT2D eigenvalue weighted by Gasteiger charge is -2.30. The summed E-state index contributed by atoms with van der Waals surface area (Å²) in [6.45, 7) is 7.89. The number of benzene rings is 2. The van der Waals surface area contributed by atoms with Crippen molar-refractivity contribution in [2.75, 3.05) is 26.7 Å². The van der Waals surface area contributed by atoms with Gasteiger partial charge in [0.25, 0.3) is 11.6 Å². The van der Waals surface area contributed by atoms with Gasteiger partial charge < -0.3 is 10.1 Å². The van der Waals surface area contributed by atoms with Gasteiger partial charge in [-0.3, -0.25) is 19.8 Å². The molecule has 1 N–H and O–H groups in total. The van der Waals surface area contributed by atoms with Crippen LogP contribution in [0.1, 0.15) is 41.4 Å². The molecule has 2 aromatic rings. The number of ether oxygens (including phenoxy) is 1. The van der Waals surface area contributed by atoms with Gasteiger partial charge >= 0.3 is 0 Å². The number of aryl methyl sites for hydroxylation is 1. The van der Waals surface area contributed by atoms with Crippen molar-refractivity contribution < 1.29 is 14.5 Å². The second-order valence-corrected chi connectivity index (χ2v) is 6.48. The van der Waals surface area contributed by atoms with Gasteiger partial charge in [-0.25, -0.2) is 0 Å². The Morgan fingerprint density at radius 2 is 1.93 bits per heavy atom. The Labute approximate surface area is 165 Å². The van der Waals surface area contributed by atoms with Gasteiger partial charge in [-0.15, -0.1) is 0 Å². The summed E-state index contributed by atoms with van der Waals surface area (Å²) in [6, 6.07) is 12.2. The van der Waals surface area contributed by atoms with Crippen LogP contribution in [0.2, 0.25) is 0 Å². The summed E-state index contributed by atoms with van der Waals surface area (Å²) >= 11 is 0. The fraction of sp³-hybridized carbons (Fsp3) is 0.381. The highest BCUT2D eigenvalue weighted by molar-refractivity contribution is 5.94. The van der Waals surface area contributed by atoms with E-state index in [9.17, 15) is 14.9 Å². The molecule has 7 nitrogen and oxygen atoms in total. The number of carbonyl (C=O) groups excluding carboxylic acids is 1. The van der Waals surface area contributed by atoms with E-state index in [1.165, 1.54) is 12.1 Å². The van der Waals surface area contributed by atoms with Crippen LogP contribution in [0.4, 0.5) is 5.69 Å². The third-order valence-electron chi connectivity index (χ3n) is 4.84. The van der Waals surface area contributed by atoms with Crippen LogP contribution < -0.4 is 10.1 Å². The maximum atomic E-state index is 12.6. The number of carbonyl (C=O) groups is 1. The van der Waals surface area contributed by atoms with Crippen LogP contribution in [-0.2, 0) is 0 Å². The monoisotopic (exact) mass is 385 g/mol. The average molecular weight is 385 g/mol. The number of hydrogen-bond donors (Lipinski definition) is 1. The Morgan fingerprint density at radius 3 is 2.50 bits per heavy atom. The molecule has 150 valence electrons. The average Bonchev–Trinajstić information content (AvgIpc) is 2.70. The van der Waals surface area contributed by atoms with Crippen molar-refractivity contribution in [2.45, 2.75) is 26.8 Å².